The van der Waals surface area contributed by atoms with E-state index in [2.05, 4.69) is 89.8 Å². The SMILES string of the molecule is CCc1ccc2c(c1)Oc1ccc(C(C)C)cc1N2Cc1cc(C(C)C)cc2c1Oc1cc(C(C)C)ccc1N2CC(F)(F)F. The van der Waals surface area contributed by atoms with Gasteiger partial charge in [-0.1, -0.05) is 66.7 Å². The predicted molar refractivity (Wildman–Crippen MR) is 176 cm³/mol. The number of ether oxygens (including phenoxy) is 2. The smallest absolute Gasteiger partial charge is 0.406 e. The highest BCUT2D eigenvalue weighted by Crippen LogP contribution is 2.53. The maximum absolute atomic E-state index is 14.2. The van der Waals surface area contributed by atoms with E-state index < -0.39 is 12.7 Å². The first kappa shape index (κ1) is 30.9. The zero-order valence-electron chi connectivity index (χ0n) is 27.0. The Morgan fingerprint density at radius 2 is 1.20 bits per heavy atom. The van der Waals surface area contributed by atoms with Crippen molar-refractivity contribution in [2.45, 2.75) is 85.4 Å². The molecule has 6 rings (SSSR count). The van der Waals surface area contributed by atoms with Crippen molar-refractivity contribution in [2.75, 3.05) is 16.3 Å². The van der Waals surface area contributed by atoms with Crippen LogP contribution in [0.5, 0.6) is 23.0 Å². The summed E-state index contributed by atoms with van der Waals surface area (Å²) in [7, 11) is 0. The van der Waals surface area contributed by atoms with Crippen LogP contribution in [0.4, 0.5) is 35.9 Å². The van der Waals surface area contributed by atoms with Crippen LogP contribution in [0.2, 0.25) is 0 Å². The third-order valence-corrected chi connectivity index (χ3v) is 8.83. The minimum atomic E-state index is -4.41. The minimum absolute atomic E-state index is 0.0930. The maximum atomic E-state index is 14.2. The van der Waals surface area contributed by atoms with Gasteiger partial charge < -0.3 is 19.3 Å². The molecule has 2 aliphatic heterocycles. The van der Waals surface area contributed by atoms with Crippen molar-refractivity contribution >= 4 is 22.7 Å². The fourth-order valence-corrected chi connectivity index (χ4v) is 6.11. The van der Waals surface area contributed by atoms with E-state index in [-0.39, 0.29) is 11.8 Å². The van der Waals surface area contributed by atoms with Crippen molar-refractivity contribution in [1.29, 1.82) is 0 Å². The quantitative estimate of drug-likeness (QED) is 0.207. The number of aryl methyl sites for hydroxylation is 1. The van der Waals surface area contributed by atoms with Gasteiger partial charge in [-0.3, -0.25) is 0 Å². The van der Waals surface area contributed by atoms with Gasteiger partial charge in [0.2, 0.25) is 0 Å². The van der Waals surface area contributed by atoms with Gasteiger partial charge in [-0.05, 0) is 95.0 Å². The Balaban J connectivity index is 1.55. The Hall–Kier alpha value is -4.13. The Labute approximate surface area is 264 Å². The van der Waals surface area contributed by atoms with E-state index in [0.29, 0.717) is 35.3 Å². The lowest BCUT2D eigenvalue weighted by atomic mass is 9.95. The lowest BCUT2D eigenvalue weighted by Gasteiger charge is -2.37. The van der Waals surface area contributed by atoms with Gasteiger partial charge >= 0.3 is 6.18 Å². The number of halogens is 3. The lowest BCUT2D eigenvalue weighted by molar-refractivity contribution is -0.118. The second-order valence-corrected chi connectivity index (χ2v) is 13.1. The third-order valence-electron chi connectivity index (χ3n) is 8.83. The molecule has 0 fully saturated rings. The van der Waals surface area contributed by atoms with Gasteiger partial charge in [0.15, 0.2) is 23.0 Å². The van der Waals surface area contributed by atoms with E-state index in [1.807, 2.05) is 24.3 Å². The summed E-state index contributed by atoms with van der Waals surface area (Å²) in [5.41, 5.74) is 7.81. The highest BCUT2D eigenvalue weighted by atomic mass is 19.4. The first-order chi connectivity index (χ1) is 21.3. The van der Waals surface area contributed by atoms with E-state index in [4.69, 9.17) is 9.47 Å². The van der Waals surface area contributed by atoms with Crippen LogP contribution in [-0.2, 0) is 13.0 Å². The molecule has 4 nitrogen and oxygen atoms in total. The minimum Gasteiger partial charge on any atom is -0.453 e. The molecule has 4 aromatic rings. The van der Waals surface area contributed by atoms with Gasteiger partial charge in [0, 0.05) is 5.56 Å². The topological polar surface area (TPSA) is 24.9 Å². The summed E-state index contributed by atoms with van der Waals surface area (Å²) in [6.07, 6.45) is -3.54. The van der Waals surface area contributed by atoms with Crippen molar-refractivity contribution in [3.63, 3.8) is 0 Å². The van der Waals surface area contributed by atoms with E-state index in [1.54, 1.807) is 6.07 Å². The molecule has 0 amide bonds. The predicted octanol–water partition coefficient (Wildman–Crippen LogP) is 11.9. The molecule has 0 N–H and O–H groups in total. The number of anilines is 4. The van der Waals surface area contributed by atoms with Crippen LogP contribution in [0.1, 0.15) is 94.0 Å². The Morgan fingerprint density at radius 1 is 0.600 bits per heavy atom. The number of benzene rings is 4. The molecular formula is C38H41F3N2O2. The summed E-state index contributed by atoms with van der Waals surface area (Å²) < 4.78 is 55.5. The number of hydrogen-bond acceptors (Lipinski definition) is 4. The van der Waals surface area contributed by atoms with Crippen molar-refractivity contribution in [2.24, 2.45) is 0 Å². The van der Waals surface area contributed by atoms with Crippen LogP contribution in [0.3, 0.4) is 0 Å². The molecule has 0 radical (unpaired) electrons. The molecule has 2 heterocycles. The molecule has 0 unspecified atom stereocenters. The van der Waals surface area contributed by atoms with Gasteiger partial charge in [0.25, 0.3) is 0 Å². The molecule has 0 aliphatic carbocycles. The van der Waals surface area contributed by atoms with Crippen LogP contribution in [0, 0.1) is 0 Å². The van der Waals surface area contributed by atoms with Gasteiger partial charge in [-0.2, -0.15) is 13.2 Å². The molecule has 0 saturated carbocycles. The van der Waals surface area contributed by atoms with Gasteiger partial charge in [-0.15, -0.1) is 0 Å². The van der Waals surface area contributed by atoms with E-state index >= 15 is 0 Å². The average molecular weight is 615 g/mol. The Bertz CT molecular complexity index is 1740. The van der Waals surface area contributed by atoms with Crippen LogP contribution in [-0.4, -0.2) is 12.7 Å². The molecular weight excluding hydrogens is 573 g/mol. The zero-order chi connectivity index (χ0) is 32.2. The summed E-state index contributed by atoms with van der Waals surface area (Å²) in [5, 5.41) is 0. The van der Waals surface area contributed by atoms with Crippen molar-refractivity contribution in [3.8, 4) is 23.0 Å². The number of rotatable bonds is 7. The van der Waals surface area contributed by atoms with Gasteiger partial charge in [0.05, 0.1) is 29.3 Å². The van der Waals surface area contributed by atoms with Crippen molar-refractivity contribution < 1.29 is 22.6 Å². The van der Waals surface area contributed by atoms with Crippen LogP contribution < -0.4 is 19.3 Å². The average Bonchev–Trinajstić information content (AvgIpc) is 2.99. The summed E-state index contributed by atoms with van der Waals surface area (Å²) >= 11 is 0. The number of hydrogen-bond donors (Lipinski definition) is 0. The van der Waals surface area contributed by atoms with Crippen LogP contribution >= 0.6 is 0 Å². The summed E-state index contributed by atoms with van der Waals surface area (Å²) in [6.45, 7) is 14.0. The van der Waals surface area contributed by atoms with Crippen molar-refractivity contribution in [3.05, 3.63) is 94.5 Å². The molecule has 45 heavy (non-hydrogen) atoms. The highest BCUT2D eigenvalue weighted by Gasteiger charge is 2.38. The maximum Gasteiger partial charge on any atom is 0.406 e. The number of nitrogens with zero attached hydrogens (tertiary/aromatic N) is 2. The summed E-state index contributed by atoms with van der Waals surface area (Å²) in [4.78, 5) is 3.59. The molecule has 2 aliphatic rings. The Morgan fingerprint density at radius 3 is 1.87 bits per heavy atom. The second-order valence-electron chi connectivity index (χ2n) is 13.1. The zero-order valence-corrected chi connectivity index (χ0v) is 27.0. The Kier molecular flexibility index (Phi) is 8.00. The molecule has 4 aromatic carbocycles. The van der Waals surface area contributed by atoms with Gasteiger partial charge in [0.1, 0.15) is 6.54 Å². The number of alkyl halides is 3. The summed E-state index contributed by atoms with van der Waals surface area (Å²) in [6, 6.07) is 22.0. The van der Waals surface area contributed by atoms with E-state index in [1.165, 1.54) is 16.0 Å². The molecule has 0 atom stereocenters. The summed E-state index contributed by atoms with van der Waals surface area (Å²) in [5.74, 6) is 3.01. The molecule has 0 spiro atoms. The van der Waals surface area contributed by atoms with Crippen LogP contribution in [0.25, 0.3) is 0 Å². The molecule has 236 valence electrons. The van der Waals surface area contributed by atoms with E-state index in [9.17, 15) is 13.2 Å². The third kappa shape index (κ3) is 5.97. The molecule has 7 heteroatoms. The number of fused-ring (bicyclic) bond motifs is 4. The monoisotopic (exact) mass is 614 g/mol. The molecule has 0 bridgehead atoms. The normalized spacial score (nSPS) is 13.8. The van der Waals surface area contributed by atoms with Gasteiger partial charge in [-0.25, -0.2) is 0 Å². The first-order valence-electron chi connectivity index (χ1n) is 15.9. The standard InChI is InChI=1S/C38H41F3N2O2/c1-8-25-9-12-30-35(15-25)44-34-14-11-26(22(2)3)17-32(34)42(30)20-29-16-28(24(6)7)18-33-37(29)45-36-19-27(23(4)5)10-13-31(36)43(33)21-38(39,40)41/h9-19,22-24H,8,20-21H2,1-7H3. The molecule has 0 aromatic heterocycles. The fourth-order valence-electron chi connectivity index (χ4n) is 6.11. The van der Waals surface area contributed by atoms with E-state index in [0.717, 1.165) is 46.0 Å². The highest BCUT2D eigenvalue weighted by molar-refractivity contribution is 5.83. The fraction of sp³-hybridized carbons (Fsp3) is 0.368. The first-order valence-corrected chi connectivity index (χ1v) is 15.9. The van der Waals surface area contributed by atoms with Crippen LogP contribution in [0.15, 0.2) is 66.7 Å². The van der Waals surface area contributed by atoms with Crippen molar-refractivity contribution in [1.82, 2.24) is 0 Å². The second kappa shape index (κ2) is 11.7. The lowest BCUT2D eigenvalue weighted by Crippen LogP contribution is -2.33. The molecule has 0 saturated heterocycles. The largest absolute Gasteiger partial charge is 0.453 e.